The van der Waals surface area contributed by atoms with Crippen molar-refractivity contribution in [3.8, 4) is 17.1 Å². The number of rotatable bonds is 6. The third-order valence-corrected chi connectivity index (χ3v) is 4.90. The summed E-state index contributed by atoms with van der Waals surface area (Å²) in [5.74, 6) is -1.12. The zero-order valence-corrected chi connectivity index (χ0v) is 18.6. The number of nitrogens with two attached hydrogens (primary N) is 1. The van der Waals surface area contributed by atoms with Gasteiger partial charge >= 0.3 is 6.36 Å². The summed E-state index contributed by atoms with van der Waals surface area (Å²) in [4.78, 5) is 17.0. The number of hydrogen-bond acceptors (Lipinski definition) is 6. The van der Waals surface area contributed by atoms with E-state index >= 15 is 0 Å². The standard InChI is InChI=1S/C24H18F4N6O2/c1-15(14-29)22(31-16-4-2-5-18(12-16)36-24(26,27)28)23-21(35)8-11-34(32-23)20-7-6-17(13-19(20)25)33-10-3-9-30-33/h2-14H,29H2,1H3. The molecule has 0 saturated carbocycles. The summed E-state index contributed by atoms with van der Waals surface area (Å²) in [5.41, 5.74) is 5.79. The fourth-order valence-corrected chi connectivity index (χ4v) is 3.24. The van der Waals surface area contributed by atoms with E-state index in [0.717, 1.165) is 16.8 Å². The van der Waals surface area contributed by atoms with E-state index in [0.29, 0.717) is 11.3 Å². The van der Waals surface area contributed by atoms with Crippen molar-refractivity contribution >= 4 is 11.4 Å². The van der Waals surface area contributed by atoms with Crippen LogP contribution in [0.15, 0.2) is 94.7 Å². The van der Waals surface area contributed by atoms with Gasteiger partial charge in [0.05, 0.1) is 17.1 Å². The maximum atomic E-state index is 15.0. The lowest BCUT2D eigenvalue weighted by Crippen LogP contribution is -2.22. The SMILES string of the molecule is CC(=CN)C(=Nc1cccc(OC(F)(F)F)c1)c1nn(-c2ccc(-n3cccn3)cc2F)ccc1=O. The Morgan fingerprint density at radius 1 is 1.08 bits per heavy atom. The lowest BCUT2D eigenvalue weighted by Gasteiger charge is -2.12. The molecule has 36 heavy (non-hydrogen) atoms. The Bertz CT molecular complexity index is 1510. The first kappa shape index (κ1) is 24.4. The van der Waals surface area contributed by atoms with Gasteiger partial charge in [-0.2, -0.15) is 10.2 Å². The van der Waals surface area contributed by atoms with E-state index < -0.39 is 23.4 Å². The molecule has 2 aromatic carbocycles. The molecule has 0 fully saturated rings. The number of hydrogen-bond donors (Lipinski definition) is 1. The smallest absolute Gasteiger partial charge is 0.406 e. The molecule has 0 unspecified atom stereocenters. The van der Waals surface area contributed by atoms with Crippen LogP contribution in [0, 0.1) is 5.82 Å². The van der Waals surface area contributed by atoms with Crippen molar-refractivity contribution in [1.82, 2.24) is 19.6 Å². The second-order valence-corrected chi connectivity index (χ2v) is 7.41. The molecular weight excluding hydrogens is 480 g/mol. The van der Waals surface area contributed by atoms with Crippen LogP contribution >= 0.6 is 0 Å². The summed E-state index contributed by atoms with van der Waals surface area (Å²) in [6.45, 7) is 1.55. The second kappa shape index (κ2) is 9.86. The van der Waals surface area contributed by atoms with Crippen LogP contribution in [-0.4, -0.2) is 31.6 Å². The van der Waals surface area contributed by atoms with Gasteiger partial charge in [0.2, 0.25) is 5.43 Å². The Labute approximate surface area is 201 Å². The third kappa shape index (κ3) is 5.49. The van der Waals surface area contributed by atoms with Crippen molar-refractivity contribution < 1.29 is 22.3 Å². The zero-order chi connectivity index (χ0) is 25.9. The van der Waals surface area contributed by atoms with Gasteiger partial charge in [-0.3, -0.25) is 4.79 Å². The summed E-state index contributed by atoms with van der Waals surface area (Å²) >= 11 is 0. The topological polar surface area (TPSA) is 100 Å². The van der Waals surface area contributed by atoms with Crippen molar-refractivity contribution in [3.05, 3.63) is 107 Å². The van der Waals surface area contributed by atoms with Crippen molar-refractivity contribution in [2.75, 3.05) is 0 Å². The molecule has 4 aromatic rings. The molecule has 12 heteroatoms. The van der Waals surface area contributed by atoms with Crippen LogP contribution in [0.5, 0.6) is 5.75 Å². The molecule has 0 radical (unpaired) electrons. The molecule has 0 saturated heterocycles. The molecule has 0 amide bonds. The minimum Gasteiger partial charge on any atom is -0.406 e. The highest BCUT2D eigenvalue weighted by Gasteiger charge is 2.31. The number of aromatic nitrogens is 4. The predicted octanol–water partition coefficient (Wildman–Crippen LogP) is 4.44. The maximum absolute atomic E-state index is 15.0. The minimum atomic E-state index is -4.88. The Morgan fingerprint density at radius 3 is 2.56 bits per heavy atom. The summed E-state index contributed by atoms with van der Waals surface area (Å²) in [7, 11) is 0. The molecule has 4 rings (SSSR count). The van der Waals surface area contributed by atoms with Crippen LogP contribution in [0.4, 0.5) is 23.2 Å². The number of halogens is 4. The van der Waals surface area contributed by atoms with Crippen LogP contribution in [0.1, 0.15) is 12.6 Å². The maximum Gasteiger partial charge on any atom is 0.573 e. The van der Waals surface area contributed by atoms with E-state index in [2.05, 4.69) is 19.9 Å². The lowest BCUT2D eigenvalue weighted by atomic mass is 10.1. The van der Waals surface area contributed by atoms with E-state index in [1.54, 1.807) is 31.5 Å². The zero-order valence-electron chi connectivity index (χ0n) is 18.6. The van der Waals surface area contributed by atoms with Crippen molar-refractivity contribution in [2.24, 2.45) is 10.7 Å². The molecule has 8 nitrogen and oxygen atoms in total. The summed E-state index contributed by atoms with van der Waals surface area (Å²) in [5, 5.41) is 8.30. The third-order valence-electron chi connectivity index (χ3n) is 4.90. The predicted molar refractivity (Wildman–Crippen MR) is 124 cm³/mol. The summed E-state index contributed by atoms with van der Waals surface area (Å²) < 4.78 is 59.3. The van der Waals surface area contributed by atoms with E-state index in [1.165, 1.54) is 47.4 Å². The number of ether oxygens (including phenoxy) is 1. The highest BCUT2D eigenvalue weighted by Crippen LogP contribution is 2.27. The van der Waals surface area contributed by atoms with Gasteiger partial charge in [0.1, 0.15) is 11.4 Å². The Morgan fingerprint density at radius 2 is 1.89 bits per heavy atom. The molecule has 2 heterocycles. The lowest BCUT2D eigenvalue weighted by molar-refractivity contribution is -0.274. The highest BCUT2D eigenvalue weighted by molar-refractivity contribution is 6.12. The molecule has 0 aliphatic rings. The minimum absolute atomic E-state index is 0.00502. The van der Waals surface area contributed by atoms with Crippen molar-refractivity contribution in [1.29, 1.82) is 0 Å². The van der Waals surface area contributed by atoms with Crippen LogP contribution in [0.3, 0.4) is 0 Å². The first-order valence-electron chi connectivity index (χ1n) is 10.4. The van der Waals surface area contributed by atoms with Gasteiger partial charge in [-0.15, -0.1) is 13.2 Å². The van der Waals surface area contributed by atoms with E-state index in [4.69, 9.17) is 5.73 Å². The molecule has 0 spiro atoms. The Hall–Kier alpha value is -4.74. The monoisotopic (exact) mass is 498 g/mol. The molecule has 2 N–H and O–H groups in total. The first-order chi connectivity index (χ1) is 17.1. The van der Waals surface area contributed by atoms with Gasteiger partial charge in [0.15, 0.2) is 11.5 Å². The molecular formula is C24H18F4N6O2. The number of benzene rings is 2. The van der Waals surface area contributed by atoms with Crippen molar-refractivity contribution in [2.45, 2.75) is 13.3 Å². The van der Waals surface area contributed by atoms with E-state index in [1.807, 2.05) is 0 Å². The second-order valence-electron chi connectivity index (χ2n) is 7.41. The van der Waals surface area contributed by atoms with Gasteiger partial charge < -0.3 is 10.5 Å². The van der Waals surface area contributed by atoms with Crippen LogP contribution in [0.25, 0.3) is 11.4 Å². The number of alkyl halides is 3. The van der Waals surface area contributed by atoms with Crippen LogP contribution < -0.4 is 15.9 Å². The van der Waals surface area contributed by atoms with Crippen LogP contribution in [-0.2, 0) is 0 Å². The number of allylic oxidation sites excluding steroid dienone is 1. The van der Waals surface area contributed by atoms with Gasteiger partial charge in [-0.05, 0) is 49.0 Å². The Balaban J connectivity index is 1.78. The average molecular weight is 498 g/mol. The normalized spacial score (nSPS) is 12.6. The highest BCUT2D eigenvalue weighted by atomic mass is 19.4. The fraction of sp³-hybridized carbons (Fsp3) is 0.0833. The molecule has 2 aromatic heterocycles. The average Bonchev–Trinajstić information content (AvgIpc) is 3.37. The first-order valence-corrected chi connectivity index (χ1v) is 10.4. The summed E-state index contributed by atoms with van der Waals surface area (Å²) in [6.07, 6.45) is 0.787. The number of nitrogens with zero attached hydrogens (tertiary/aromatic N) is 5. The van der Waals surface area contributed by atoms with Gasteiger partial charge in [-0.1, -0.05) is 6.07 Å². The van der Waals surface area contributed by atoms with Crippen LogP contribution in [0.2, 0.25) is 0 Å². The van der Waals surface area contributed by atoms with Crippen molar-refractivity contribution in [3.63, 3.8) is 0 Å². The van der Waals surface area contributed by atoms with E-state index in [-0.39, 0.29) is 22.8 Å². The largest absolute Gasteiger partial charge is 0.573 e. The van der Waals surface area contributed by atoms with Gasteiger partial charge in [0.25, 0.3) is 0 Å². The molecule has 0 atom stereocenters. The van der Waals surface area contributed by atoms with Gasteiger partial charge in [-0.25, -0.2) is 18.7 Å². The molecule has 0 aliphatic heterocycles. The molecule has 0 aliphatic carbocycles. The van der Waals surface area contributed by atoms with E-state index in [9.17, 15) is 22.4 Å². The molecule has 0 bridgehead atoms. The quantitative estimate of drug-likeness (QED) is 0.313. The fourth-order valence-electron chi connectivity index (χ4n) is 3.24. The van der Waals surface area contributed by atoms with Gasteiger partial charge in [0, 0.05) is 36.8 Å². The summed E-state index contributed by atoms with van der Waals surface area (Å²) in [6, 6.07) is 12.1. The number of aliphatic imine (C=N–C) groups is 1. The Kier molecular flexibility index (Phi) is 6.68. The molecule has 184 valence electrons.